The number of nitrogens with zero attached hydrogens (tertiary/aromatic N) is 2. The van der Waals surface area contributed by atoms with Crippen molar-refractivity contribution in [2.45, 2.75) is 13.8 Å². The number of hydrogen-bond donors (Lipinski definition) is 1. The molecule has 1 rings (SSSR count). The summed E-state index contributed by atoms with van der Waals surface area (Å²) in [6.45, 7) is 3.85. The molecule has 4 nitrogen and oxygen atoms in total. The molecule has 17 heavy (non-hydrogen) atoms. The van der Waals surface area contributed by atoms with Crippen LogP contribution in [-0.4, -0.2) is 19.5 Å². The summed E-state index contributed by atoms with van der Waals surface area (Å²) in [6, 6.07) is 9.09. The highest BCUT2D eigenvalue weighted by Gasteiger charge is 2.30. The smallest absolute Gasteiger partial charge is 0.233 e. The van der Waals surface area contributed by atoms with Gasteiger partial charge in [-0.1, -0.05) is 12.1 Å². The van der Waals surface area contributed by atoms with E-state index in [0.29, 0.717) is 11.3 Å². The molecule has 1 aromatic carbocycles. The van der Waals surface area contributed by atoms with Gasteiger partial charge in [-0.15, -0.1) is 0 Å². The first-order valence-electron chi connectivity index (χ1n) is 5.41. The van der Waals surface area contributed by atoms with E-state index in [1.807, 2.05) is 0 Å². The van der Waals surface area contributed by atoms with E-state index in [-0.39, 0.29) is 12.5 Å². The van der Waals surface area contributed by atoms with Gasteiger partial charge in [-0.2, -0.15) is 5.26 Å². The molecule has 4 heteroatoms. The van der Waals surface area contributed by atoms with Gasteiger partial charge in [-0.3, -0.25) is 4.79 Å². The molecule has 0 atom stereocenters. The van der Waals surface area contributed by atoms with Crippen LogP contribution in [0.4, 0.5) is 5.69 Å². The molecule has 0 bridgehead atoms. The number of hydrogen-bond acceptors (Lipinski definition) is 3. The van der Waals surface area contributed by atoms with Crippen LogP contribution in [0.2, 0.25) is 0 Å². The van der Waals surface area contributed by atoms with E-state index in [1.54, 1.807) is 45.2 Å². The quantitative estimate of drug-likeness (QED) is 0.857. The predicted molar refractivity (Wildman–Crippen MR) is 67.4 cm³/mol. The summed E-state index contributed by atoms with van der Waals surface area (Å²) in [5, 5.41) is 9.00. The van der Waals surface area contributed by atoms with Gasteiger partial charge in [-0.25, -0.2) is 0 Å². The first kappa shape index (κ1) is 13.2. The minimum absolute atomic E-state index is 0.0947. The zero-order valence-corrected chi connectivity index (χ0v) is 10.4. The summed E-state index contributed by atoms with van der Waals surface area (Å²) >= 11 is 0. The molecule has 0 unspecified atom stereocenters. The third kappa shape index (κ3) is 2.63. The number of nitrogens with two attached hydrogens (primary N) is 1. The molecule has 0 fully saturated rings. The van der Waals surface area contributed by atoms with Crippen molar-refractivity contribution in [2.75, 3.05) is 18.5 Å². The highest BCUT2D eigenvalue weighted by molar-refractivity contribution is 5.97. The third-order valence-corrected chi connectivity index (χ3v) is 2.78. The molecule has 0 radical (unpaired) electrons. The maximum atomic E-state index is 12.2. The number of carbonyl (C=O) groups is 1. The van der Waals surface area contributed by atoms with Gasteiger partial charge in [0.1, 0.15) is 6.07 Å². The Balaban J connectivity index is 3.10. The van der Waals surface area contributed by atoms with E-state index in [9.17, 15) is 4.79 Å². The monoisotopic (exact) mass is 231 g/mol. The Hall–Kier alpha value is -1.86. The lowest BCUT2D eigenvalue weighted by Gasteiger charge is -2.28. The summed E-state index contributed by atoms with van der Waals surface area (Å²) in [7, 11) is 1.66. The molecule has 0 saturated carbocycles. The molecule has 2 N–H and O–H groups in total. The highest BCUT2D eigenvalue weighted by Crippen LogP contribution is 2.24. The van der Waals surface area contributed by atoms with Gasteiger partial charge in [0.15, 0.2) is 0 Å². The SMILES string of the molecule is CN(C(=O)C(C)(C)CN)c1ccccc1C#N. The van der Waals surface area contributed by atoms with Crippen LogP contribution in [0.15, 0.2) is 24.3 Å². The second-order valence-electron chi connectivity index (χ2n) is 4.58. The van der Waals surface area contributed by atoms with E-state index >= 15 is 0 Å². The van der Waals surface area contributed by atoms with E-state index < -0.39 is 5.41 Å². The van der Waals surface area contributed by atoms with Crippen molar-refractivity contribution in [1.29, 1.82) is 5.26 Å². The van der Waals surface area contributed by atoms with Crippen molar-refractivity contribution in [2.24, 2.45) is 11.1 Å². The highest BCUT2D eigenvalue weighted by atomic mass is 16.2. The van der Waals surface area contributed by atoms with Gasteiger partial charge in [0, 0.05) is 13.6 Å². The van der Waals surface area contributed by atoms with Gasteiger partial charge in [0.05, 0.1) is 16.7 Å². The Morgan fingerprint density at radius 3 is 2.59 bits per heavy atom. The number of amides is 1. The van der Waals surface area contributed by atoms with Crippen LogP contribution in [0.5, 0.6) is 0 Å². The first-order valence-corrected chi connectivity index (χ1v) is 5.41. The van der Waals surface area contributed by atoms with Gasteiger partial charge in [0.2, 0.25) is 5.91 Å². The average molecular weight is 231 g/mol. The molecule has 1 aromatic rings. The van der Waals surface area contributed by atoms with Crippen LogP contribution in [0.25, 0.3) is 0 Å². The van der Waals surface area contributed by atoms with Crippen molar-refractivity contribution in [3.8, 4) is 6.07 Å². The summed E-state index contributed by atoms with van der Waals surface area (Å²) < 4.78 is 0. The molecule has 0 aliphatic rings. The van der Waals surface area contributed by atoms with Crippen LogP contribution in [-0.2, 0) is 4.79 Å². The molecule has 0 aliphatic carbocycles. The van der Waals surface area contributed by atoms with Crippen LogP contribution < -0.4 is 10.6 Å². The van der Waals surface area contributed by atoms with E-state index in [1.165, 1.54) is 4.90 Å². The summed E-state index contributed by atoms with van der Waals surface area (Å²) in [5.41, 5.74) is 6.05. The van der Waals surface area contributed by atoms with Gasteiger partial charge in [-0.05, 0) is 26.0 Å². The third-order valence-electron chi connectivity index (χ3n) is 2.78. The molecule has 0 aliphatic heterocycles. The number of carbonyl (C=O) groups excluding carboxylic acids is 1. The minimum Gasteiger partial charge on any atom is -0.329 e. The lowest BCUT2D eigenvalue weighted by Crippen LogP contribution is -2.43. The zero-order valence-electron chi connectivity index (χ0n) is 10.4. The molecule has 0 saturated heterocycles. The molecule has 0 aromatic heterocycles. The van der Waals surface area contributed by atoms with Gasteiger partial charge >= 0.3 is 0 Å². The normalized spacial score (nSPS) is 10.8. The lowest BCUT2D eigenvalue weighted by atomic mass is 9.91. The van der Waals surface area contributed by atoms with Crippen LogP contribution in [0.3, 0.4) is 0 Å². The van der Waals surface area contributed by atoms with Gasteiger partial charge < -0.3 is 10.6 Å². The fourth-order valence-corrected chi connectivity index (χ4v) is 1.51. The number of rotatable bonds is 3. The fourth-order valence-electron chi connectivity index (χ4n) is 1.51. The largest absolute Gasteiger partial charge is 0.329 e. The van der Waals surface area contributed by atoms with Crippen molar-refractivity contribution < 1.29 is 4.79 Å². The van der Waals surface area contributed by atoms with Gasteiger partial charge in [0.25, 0.3) is 0 Å². The first-order chi connectivity index (χ1) is 7.94. The standard InChI is InChI=1S/C13H17N3O/c1-13(2,9-15)12(17)16(3)11-7-5-4-6-10(11)8-14/h4-7H,9,15H2,1-3H3. The maximum absolute atomic E-state index is 12.2. The van der Waals surface area contributed by atoms with Crippen molar-refractivity contribution in [3.63, 3.8) is 0 Å². The van der Waals surface area contributed by atoms with E-state index in [4.69, 9.17) is 11.0 Å². The van der Waals surface area contributed by atoms with Crippen molar-refractivity contribution in [3.05, 3.63) is 29.8 Å². The van der Waals surface area contributed by atoms with E-state index in [0.717, 1.165) is 0 Å². The summed E-state index contributed by atoms with van der Waals surface area (Å²) in [4.78, 5) is 13.7. The Morgan fingerprint density at radius 2 is 2.06 bits per heavy atom. The maximum Gasteiger partial charge on any atom is 0.233 e. The van der Waals surface area contributed by atoms with Crippen molar-refractivity contribution in [1.82, 2.24) is 0 Å². The van der Waals surface area contributed by atoms with Crippen molar-refractivity contribution >= 4 is 11.6 Å². The van der Waals surface area contributed by atoms with Crippen LogP contribution in [0, 0.1) is 16.7 Å². The minimum atomic E-state index is -0.628. The number of anilines is 1. The Labute approximate surface area is 102 Å². The summed E-state index contributed by atoms with van der Waals surface area (Å²) in [5.74, 6) is -0.0947. The van der Waals surface area contributed by atoms with Crippen LogP contribution in [0.1, 0.15) is 19.4 Å². The second kappa shape index (κ2) is 4.98. The Bertz CT molecular complexity index is 460. The molecule has 90 valence electrons. The zero-order chi connectivity index (χ0) is 13.1. The molecule has 1 amide bonds. The number of para-hydroxylation sites is 1. The number of benzene rings is 1. The fraction of sp³-hybridized carbons (Fsp3) is 0.385. The predicted octanol–water partition coefficient (Wildman–Crippen LogP) is 1.51. The number of nitriles is 1. The Morgan fingerprint density at radius 1 is 1.47 bits per heavy atom. The molecular weight excluding hydrogens is 214 g/mol. The molecular formula is C13H17N3O. The van der Waals surface area contributed by atoms with E-state index in [2.05, 4.69) is 6.07 Å². The topological polar surface area (TPSA) is 70.1 Å². The summed E-state index contributed by atoms with van der Waals surface area (Å²) in [6.07, 6.45) is 0. The Kier molecular flexibility index (Phi) is 3.87. The molecule has 0 heterocycles. The van der Waals surface area contributed by atoms with Crippen LogP contribution >= 0.6 is 0 Å². The second-order valence-corrected chi connectivity index (χ2v) is 4.58. The molecule has 0 spiro atoms. The lowest BCUT2D eigenvalue weighted by molar-refractivity contribution is -0.125. The average Bonchev–Trinajstić information content (AvgIpc) is 2.36.